The number of carboxylic acids is 1. The molecular formula is C14H27NO3. The lowest BCUT2D eigenvalue weighted by Gasteiger charge is -2.31. The maximum Gasteiger partial charge on any atom is 0.305 e. The third-order valence-corrected chi connectivity index (χ3v) is 3.18. The summed E-state index contributed by atoms with van der Waals surface area (Å²) in [5.41, 5.74) is -0.251. The summed E-state index contributed by atoms with van der Waals surface area (Å²) in [7, 11) is 0. The first-order valence-corrected chi connectivity index (χ1v) is 6.70. The number of carboxylic acid groups (broad SMARTS) is 1. The highest BCUT2D eigenvalue weighted by molar-refractivity contribution is 5.79. The zero-order chi connectivity index (χ0) is 14.3. The predicted octanol–water partition coefficient (Wildman–Crippen LogP) is 2.82. The van der Waals surface area contributed by atoms with Crippen molar-refractivity contribution in [1.29, 1.82) is 0 Å². The zero-order valence-electron chi connectivity index (χ0n) is 12.2. The van der Waals surface area contributed by atoms with Gasteiger partial charge in [-0.25, -0.2) is 0 Å². The van der Waals surface area contributed by atoms with E-state index in [4.69, 9.17) is 5.11 Å². The molecule has 106 valence electrons. The molecule has 2 N–H and O–H groups in total. The topological polar surface area (TPSA) is 66.4 Å². The molecule has 0 aliphatic carbocycles. The van der Waals surface area contributed by atoms with Gasteiger partial charge in [-0.3, -0.25) is 9.59 Å². The molecule has 4 nitrogen and oxygen atoms in total. The molecule has 1 amide bonds. The molecule has 0 aromatic carbocycles. The number of hydrogen-bond donors (Lipinski definition) is 2. The number of carbonyl (C=O) groups excluding carboxylic acids is 1. The van der Waals surface area contributed by atoms with Crippen molar-refractivity contribution in [2.75, 3.05) is 0 Å². The standard InChI is InChI=1S/C14H27NO3/c1-6-7-8-10(2)13(18)15-11(9-12(16)17)14(3,4)5/h10-11H,6-9H2,1-5H3,(H,15,18)(H,16,17). The molecule has 0 bridgehead atoms. The molecule has 0 aromatic heterocycles. The van der Waals surface area contributed by atoms with Crippen LogP contribution in [-0.4, -0.2) is 23.0 Å². The summed E-state index contributed by atoms with van der Waals surface area (Å²) in [4.78, 5) is 22.8. The minimum atomic E-state index is -0.878. The van der Waals surface area contributed by atoms with Crippen LogP contribution < -0.4 is 5.32 Å². The second-order valence-corrected chi connectivity index (χ2v) is 6.07. The lowest BCUT2D eigenvalue weighted by Crippen LogP contribution is -2.46. The Morgan fingerprint density at radius 1 is 1.28 bits per heavy atom. The average molecular weight is 257 g/mol. The van der Waals surface area contributed by atoms with Crippen molar-refractivity contribution >= 4 is 11.9 Å². The lowest BCUT2D eigenvalue weighted by atomic mass is 9.84. The van der Waals surface area contributed by atoms with Crippen molar-refractivity contribution in [1.82, 2.24) is 5.32 Å². The van der Waals surface area contributed by atoms with E-state index in [1.54, 1.807) is 0 Å². The number of aliphatic carboxylic acids is 1. The maximum absolute atomic E-state index is 12.0. The summed E-state index contributed by atoms with van der Waals surface area (Å²) in [5, 5.41) is 11.8. The lowest BCUT2D eigenvalue weighted by molar-refractivity contribution is -0.138. The van der Waals surface area contributed by atoms with Gasteiger partial charge in [-0.2, -0.15) is 0 Å². The van der Waals surface area contributed by atoms with Gasteiger partial charge in [0.25, 0.3) is 0 Å². The number of unbranched alkanes of at least 4 members (excludes halogenated alkanes) is 1. The SMILES string of the molecule is CCCCC(C)C(=O)NC(CC(=O)O)C(C)(C)C. The van der Waals surface area contributed by atoms with Crippen LogP contribution in [0.25, 0.3) is 0 Å². The molecule has 2 atom stereocenters. The van der Waals surface area contributed by atoms with Crippen molar-refractivity contribution in [3.05, 3.63) is 0 Å². The van der Waals surface area contributed by atoms with Gasteiger partial charge in [0.15, 0.2) is 0 Å². The largest absolute Gasteiger partial charge is 0.481 e. The van der Waals surface area contributed by atoms with Gasteiger partial charge in [-0.05, 0) is 11.8 Å². The van der Waals surface area contributed by atoms with Crippen LogP contribution >= 0.6 is 0 Å². The molecule has 0 heterocycles. The molecule has 2 unspecified atom stereocenters. The van der Waals surface area contributed by atoms with Gasteiger partial charge in [0.2, 0.25) is 5.91 Å². The molecule has 0 saturated heterocycles. The van der Waals surface area contributed by atoms with Crippen LogP contribution in [0.5, 0.6) is 0 Å². The van der Waals surface area contributed by atoms with Gasteiger partial charge in [-0.15, -0.1) is 0 Å². The van der Waals surface area contributed by atoms with E-state index in [9.17, 15) is 9.59 Å². The van der Waals surface area contributed by atoms with Crippen molar-refractivity contribution in [2.24, 2.45) is 11.3 Å². The van der Waals surface area contributed by atoms with Crippen molar-refractivity contribution in [3.63, 3.8) is 0 Å². The second kappa shape index (κ2) is 7.39. The summed E-state index contributed by atoms with van der Waals surface area (Å²) >= 11 is 0. The van der Waals surface area contributed by atoms with Crippen molar-refractivity contribution < 1.29 is 14.7 Å². The third kappa shape index (κ3) is 6.62. The van der Waals surface area contributed by atoms with Gasteiger partial charge in [0, 0.05) is 12.0 Å². The van der Waals surface area contributed by atoms with Crippen LogP contribution in [0.15, 0.2) is 0 Å². The summed E-state index contributed by atoms with van der Waals surface area (Å²) in [6.07, 6.45) is 2.91. The Morgan fingerprint density at radius 3 is 2.22 bits per heavy atom. The van der Waals surface area contributed by atoms with Gasteiger partial charge in [0.05, 0.1) is 6.42 Å². The van der Waals surface area contributed by atoms with Crippen LogP contribution in [0, 0.1) is 11.3 Å². The van der Waals surface area contributed by atoms with Crippen LogP contribution in [0.2, 0.25) is 0 Å². The Labute approximate surface area is 110 Å². The molecule has 0 aliphatic rings. The average Bonchev–Trinajstić information content (AvgIpc) is 2.22. The molecule has 0 aromatic rings. The van der Waals surface area contributed by atoms with Crippen LogP contribution in [0.4, 0.5) is 0 Å². The minimum absolute atomic E-state index is 0.0320. The predicted molar refractivity (Wildman–Crippen MR) is 72.3 cm³/mol. The van der Waals surface area contributed by atoms with Crippen molar-refractivity contribution in [3.8, 4) is 0 Å². The van der Waals surface area contributed by atoms with Gasteiger partial charge < -0.3 is 10.4 Å². The molecular weight excluding hydrogens is 230 g/mol. The van der Waals surface area contributed by atoms with Crippen LogP contribution in [0.1, 0.15) is 60.3 Å². The summed E-state index contributed by atoms with van der Waals surface area (Å²) < 4.78 is 0. The first-order chi connectivity index (χ1) is 8.18. The van der Waals surface area contributed by atoms with E-state index in [1.165, 1.54) is 0 Å². The highest BCUT2D eigenvalue weighted by atomic mass is 16.4. The second-order valence-electron chi connectivity index (χ2n) is 6.07. The number of amides is 1. The van der Waals surface area contributed by atoms with Crippen LogP contribution in [0.3, 0.4) is 0 Å². The smallest absolute Gasteiger partial charge is 0.305 e. The Bertz CT molecular complexity index is 281. The number of rotatable bonds is 7. The highest BCUT2D eigenvalue weighted by Crippen LogP contribution is 2.22. The normalized spacial score (nSPS) is 14.9. The Balaban J connectivity index is 4.48. The summed E-state index contributed by atoms with van der Waals surface area (Å²) in [5.74, 6) is -0.968. The van der Waals surface area contributed by atoms with E-state index in [0.717, 1.165) is 19.3 Å². The first kappa shape index (κ1) is 16.9. The number of hydrogen-bond acceptors (Lipinski definition) is 2. The third-order valence-electron chi connectivity index (χ3n) is 3.18. The monoisotopic (exact) mass is 257 g/mol. The van der Waals surface area contributed by atoms with Gasteiger partial charge in [-0.1, -0.05) is 47.5 Å². The fourth-order valence-electron chi connectivity index (χ4n) is 1.70. The molecule has 4 heteroatoms. The van der Waals surface area contributed by atoms with E-state index < -0.39 is 5.97 Å². The Morgan fingerprint density at radius 2 is 1.83 bits per heavy atom. The fraction of sp³-hybridized carbons (Fsp3) is 0.857. The molecule has 0 fully saturated rings. The summed E-state index contributed by atoms with van der Waals surface area (Å²) in [6.45, 7) is 9.81. The van der Waals surface area contributed by atoms with E-state index in [2.05, 4.69) is 12.2 Å². The minimum Gasteiger partial charge on any atom is -0.481 e. The van der Waals surface area contributed by atoms with E-state index in [-0.39, 0.29) is 29.7 Å². The molecule has 0 rings (SSSR count). The fourth-order valence-corrected chi connectivity index (χ4v) is 1.70. The van der Waals surface area contributed by atoms with E-state index in [1.807, 2.05) is 27.7 Å². The van der Waals surface area contributed by atoms with E-state index in [0.29, 0.717) is 0 Å². The first-order valence-electron chi connectivity index (χ1n) is 6.70. The van der Waals surface area contributed by atoms with Crippen molar-refractivity contribution in [2.45, 2.75) is 66.3 Å². The quantitative estimate of drug-likeness (QED) is 0.737. The molecule has 0 saturated carbocycles. The number of nitrogens with one attached hydrogen (secondary N) is 1. The van der Waals surface area contributed by atoms with Gasteiger partial charge >= 0.3 is 5.97 Å². The molecule has 0 radical (unpaired) electrons. The molecule has 18 heavy (non-hydrogen) atoms. The van der Waals surface area contributed by atoms with Gasteiger partial charge in [0.1, 0.15) is 0 Å². The van der Waals surface area contributed by atoms with E-state index >= 15 is 0 Å². The summed E-state index contributed by atoms with van der Waals surface area (Å²) in [6, 6.07) is -0.327. The zero-order valence-corrected chi connectivity index (χ0v) is 12.2. The Kier molecular flexibility index (Phi) is 6.96. The molecule has 0 spiro atoms. The number of carbonyl (C=O) groups is 2. The van der Waals surface area contributed by atoms with Crippen LogP contribution in [-0.2, 0) is 9.59 Å². The Hall–Kier alpha value is -1.06. The highest BCUT2D eigenvalue weighted by Gasteiger charge is 2.29. The maximum atomic E-state index is 12.0. The molecule has 0 aliphatic heterocycles.